The lowest BCUT2D eigenvalue weighted by Gasteiger charge is -2.15. The average molecular weight is 351 g/mol. The number of aromatic nitrogens is 3. The van der Waals surface area contributed by atoms with E-state index in [9.17, 15) is 4.79 Å². The van der Waals surface area contributed by atoms with Crippen molar-refractivity contribution >= 4 is 22.9 Å². The van der Waals surface area contributed by atoms with Gasteiger partial charge in [0.1, 0.15) is 5.82 Å². The molecular formula is C18H17N5OS. The van der Waals surface area contributed by atoms with E-state index in [1.807, 2.05) is 36.6 Å². The highest BCUT2D eigenvalue weighted by molar-refractivity contribution is 7.13. The maximum atomic E-state index is 12.7. The second kappa shape index (κ2) is 6.25. The number of nitrogen functional groups attached to an aromatic ring is 1. The van der Waals surface area contributed by atoms with Gasteiger partial charge in [-0.15, -0.1) is 11.3 Å². The number of pyridine rings is 1. The molecule has 4 heterocycles. The lowest BCUT2D eigenvalue weighted by atomic mass is 10.2. The molecule has 0 radical (unpaired) electrons. The Kier molecular flexibility index (Phi) is 3.93. The highest BCUT2D eigenvalue weighted by atomic mass is 32.1. The largest absolute Gasteiger partial charge is 0.397 e. The molecule has 0 fully saturated rings. The Morgan fingerprint density at radius 2 is 2.16 bits per heavy atom. The van der Waals surface area contributed by atoms with Crippen molar-refractivity contribution in [1.82, 2.24) is 19.9 Å². The quantitative estimate of drug-likeness (QED) is 0.784. The summed E-state index contributed by atoms with van der Waals surface area (Å²) in [6.07, 6.45) is 1.99. The SMILES string of the molecule is Cc1ncc2c(n1)CN(C(=O)Cc1nc(-c3cccs3)ccc1N)C2. The Morgan fingerprint density at radius 1 is 1.28 bits per heavy atom. The maximum Gasteiger partial charge on any atom is 0.229 e. The van der Waals surface area contributed by atoms with Crippen LogP contribution in [0.2, 0.25) is 0 Å². The molecule has 0 aromatic carbocycles. The van der Waals surface area contributed by atoms with Crippen LogP contribution < -0.4 is 5.73 Å². The van der Waals surface area contributed by atoms with Gasteiger partial charge in [0.25, 0.3) is 0 Å². The van der Waals surface area contributed by atoms with E-state index in [4.69, 9.17) is 5.73 Å². The smallest absolute Gasteiger partial charge is 0.229 e. The van der Waals surface area contributed by atoms with Gasteiger partial charge in [0, 0.05) is 18.3 Å². The summed E-state index contributed by atoms with van der Waals surface area (Å²) in [4.78, 5) is 28.8. The number of amides is 1. The molecule has 126 valence electrons. The minimum Gasteiger partial charge on any atom is -0.397 e. The number of carbonyl (C=O) groups excluding carboxylic acids is 1. The van der Waals surface area contributed by atoms with Crippen LogP contribution in [0.15, 0.2) is 35.8 Å². The summed E-state index contributed by atoms with van der Waals surface area (Å²) in [7, 11) is 0. The molecule has 25 heavy (non-hydrogen) atoms. The molecule has 4 rings (SSSR count). The number of anilines is 1. The predicted molar refractivity (Wildman–Crippen MR) is 96.7 cm³/mol. The van der Waals surface area contributed by atoms with Gasteiger partial charge in [0.05, 0.1) is 40.6 Å². The molecule has 1 aliphatic heterocycles. The molecule has 0 unspecified atom stereocenters. The van der Waals surface area contributed by atoms with Crippen LogP contribution in [0.4, 0.5) is 5.69 Å². The molecule has 7 heteroatoms. The predicted octanol–water partition coefficient (Wildman–Crippen LogP) is 2.58. The van der Waals surface area contributed by atoms with Crippen molar-refractivity contribution in [1.29, 1.82) is 0 Å². The second-order valence-corrected chi connectivity index (χ2v) is 6.97. The monoisotopic (exact) mass is 351 g/mol. The number of nitrogens with zero attached hydrogens (tertiary/aromatic N) is 4. The third-order valence-corrected chi connectivity index (χ3v) is 5.12. The Balaban J connectivity index is 1.53. The van der Waals surface area contributed by atoms with Crippen LogP contribution in [0.1, 0.15) is 22.8 Å². The Bertz CT molecular complexity index is 939. The number of hydrogen-bond acceptors (Lipinski definition) is 6. The molecule has 0 spiro atoms. The van der Waals surface area contributed by atoms with Crippen molar-refractivity contribution < 1.29 is 4.79 Å². The second-order valence-electron chi connectivity index (χ2n) is 6.03. The van der Waals surface area contributed by atoms with Crippen LogP contribution in [-0.4, -0.2) is 25.8 Å². The summed E-state index contributed by atoms with van der Waals surface area (Å²) in [5.74, 6) is 0.723. The van der Waals surface area contributed by atoms with Crippen LogP contribution in [0.3, 0.4) is 0 Å². The van der Waals surface area contributed by atoms with Crippen molar-refractivity contribution in [3.8, 4) is 10.6 Å². The first-order valence-corrected chi connectivity index (χ1v) is 8.86. The molecule has 1 aliphatic rings. The van der Waals surface area contributed by atoms with Gasteiger partial charge in [-0.1, -0.05) is 6.07 Å². The van der Waals surface area contributed by atoms with Gasteiger partial charge in [-0.2, -0.15) is 0 Å². The van der Waals surface area contributed by atoms with Crippen molar-refractivity contribution in [3.63, 3.8) is 0 Å². The maximum absolute atomic E-state index is 12.7. The number of hydrogen-bond donors (Lipinski definition) is 1. The van der Waals surface area contributed by atoms with Crippen LogP contribution in [-0.2, 0) is 24.3 Å². The van der Waals surface area contributed by atoms with E-state index in [2.05, 4.69) is 15.0 Å². The standard InChI is InChI=1S/C18H17N5OS/c1-11-20-8-12-9-23(10-16(12)21-11)18(24)7-15-13(19)4-5-14(22-15)17-3-2-6-25-17/h2-6,8H,7,9-10,19H2,1H3. The molecule has 2 N–H and O–H groups in total. The topological polar surface area (TPSA) is 85.0 Å². The number of nitrogens with two attached hydrogens (primary N) is 1. The van der Waals surface area contributed by atoms with E-state index < -0.39 is 0 Å². The van der Waals surface area contributed by atoms with Gasteiger partial charge in [-0.05, 0) is 30.5 Å². The molecule has 0 bridgehead atoms. The Labute approximate surface area is 149 Å². The lowest BCUT2D eigenvalue weighted by molar-refractivity contribution is -0.131. The van der Waals surface area contributed by atoms with Crippen LogP contribution in [0, 0.1) is 6.92 Å². The van der Waals surface area contributed by atoms with Crippen molar-refractivity contribution in [2.45, 2.75) is 26.4 Å². The molecule has 3 aromatic heterocycles. The first kappa shape index (κ1) is 15.7. The van der Waals surface area contributed by atoms with Crippen LogP contribution in [0.5, 0.6) is 0 Å². The zero-order valence-electron chi connectivity index (χ0n) is 13.8. The first-order chi connectivity index (χ1) is 12.1. The minimum absolute atomic E-state index is 0.00168. The lowest BCUT2D eigenvalue weighted by Crippen LogP contribution is -2.27. The molecular weight excluding hydrogens is 334 g/mol. The Morgan fingerprint density at radius 3 is 2.96 bits per heavy atom. The number of thiophene rings is 1. The van der Waals surface area contributed by atoms with Crippen molar-refractivity contribution in [2.75, 3.05) is 5.73 Å². The fourth-order valence-electron chi connectivity index (χ4n) is 2.90. The summed E-state index contributed by atoms with van der Waals surface area (Å²) in [6.45, 7) is 2.91. The summed E-state index contributed by atoms with van der Waals surface area (Å²) >= 11 is 1.61. The van der Waals surface area contributed by atoms with E-state index in [1.165, 1.54) is 0 Å². The van der Waals surface area contributed by atoms with E-state index >= 15 is 0 Å². The third kappa shape index (κ3) is 3.10. The van der Waals surface area contributed by atoms with Gasteiger partial charge in [0.2, 0.25) is 5.91 Å². The summed E-state index contributed by atoms with van der Waals surface area (Å²) in [5, 5.41) is 2.00. The van der Waals surface area contributed by atoms with Crippen molar-refractivity contribution in [2.24, 2.45) is 0 Å². The molecule has 3 aromatic rings. The van der Waals surface area contributed by atoms with Gasteiger partial charge in [-0.3, -0.25) is 4.79 Å². The minimum atomic E-state index is -0.00168. The van der Waals surface area contributed by atoms with Gasteiger partial charge in [0.15, 0.2) is 0 Å². The highest BCUT2D eigenvalue weighted by Gasteiger charge is 2.25. The van der Waals surface area contributed by atoms with Crippen LogP contribution >= 0.6 is 11.3 Å². The van der Waals surface area contributed by atoms with Crippen LogP contribution in [0.25, 0.3) is 10.6 Å². The van der Waals surface area contributed by atoms with E-state index in [0.717, 1.165) is 27.7 Å². The van der Waals surface area contributed by atoms with Gasteiger partial charge >= 0.3 is 0 Å². The zero-order chi connectivity index (χ0) is 17.4. The van der Waals surface area contributed by atoms with E-state index in [1.54, 1.807) is 22.4 Å². The Hall–Kier alpha value is -2.80. The molecule has 0 atom stereocenters. The molecule has 0 saturated heterocycles. The van der Waals surface area contributed by atoms with E-state index in [-0.39, 0.29) is 12.3 Å². The molecule has 1 amide bonds. The summed E-state index contributed by atoms with van der Waals surface area (Å²) in [6, 6.07) is 7.69. The fraction of sp³-hybridized carbons (Fsp3) is 0.222. The number of aryl methyl sites for hydroxylation is 1. The summed E-state index contributed by atoms with van der Waals surface area (Å²) < 4.78 is 0. The van der Waals surface area contributed by atoms with Gasteiger partial charge < -0.3 is 10.6 Å². The zero-order valence-corrected chi connectivity index (χ0v) is 14.6. The third-order valence-electron chi connectivity index (χ3n) is 4.23. The molecule has 0 saturated carbocycles. The fourth-order valence-corrected chi connectivity index (χ4v) is 3.60. The number of carbonyl (C=O) groups is 1. The van der Waals surface area contributed by atoms with Crippen molar-refractivity contribution in [3.05, 3.63) is 58.6 Å². The average Bonchev–Trinajstić information content (AvgIpc) is 3.25. The molecule has 0 aliphatic carbocycles. The number of rotatable bonds is 3. The highest BCUT2D eigenvalue weighted by Crippen LogP contribution is 2.26. The molecule has 6 nitrogen and oxygen atoms in total. The normalized spacial score (nSPS) is 13.1. The summed E-state index contributed by atoms with van der Waals surface area (Å²) in [5.41, 5.74) is 9.98. The van der Waals surface area contributed by atoms with E-state index in [0.29, 0.717) is 24.5 Å². The number of fused-ring (bicyclic) bond motifs is 1. The van der Waals surface area contributed by atoms with Gasteiger partial charge in [-0.25, -0.2) is 15.0 Å². The first-order valence-electron chi connectivity index (χ1n) is 7.98.